The van der Waals surface area contributed by atoms with E-state index in [-0.39, 0.29) is 0 Å². The average Bonchev–Trinajstić information content (AvgIpc) is 2.61. The maximum atomic E-state index is 3.60. The summed E-state index contributed by atoms with van der Waals surface area (Å²) in [5.74, 6) is 1.68. The van der Waals surface area contributed by atoms with Crippen LogP contribution in [0.4, 0.5) is 0 Å². The Morgan fingerprint density at radius 1 is 0.864 bits per heavy atom. The predicted octanol–water partition coefficient (Wildman–Crippen LogP) is 5.14. The van der Waals surface area contributed by atoms with Gasteiger partial charge in [0.1, 0.15) is 0 Å². The molecule has 1 fully saturated rings. The van der Waals surface area contributed by atoms with Gasteiger partial charge in [-0.1, -0.05) is 73.5 Å². The molecule has 0 bridgehead atoms. The molecule has 2 aromatic carbocycles. The lowest BCUT2D eigenvalue weighted by Gasteiger charge is -2.29. The van der Waals surface area contributed by atoms with E-state index in [0.29, 0.717) is 0 Å². The fraction of sp³-hybridized carbons (Fsp3) is 0.429. The molecule has 0 heterocycles. The van der Waals surface area contributed by atoms with Crippen LogP contribution in [0.3, 0.4) is 0 Å². The van der Waals surface area contributed by atoms with E-state index in [4.69, 9.17) is 0 Å². The van der Waals surface area contributed by atoms with Crippen LogP contribution in [-0.2, 0) is 6.54 Å². The van der Waals surface area contributed by atoms with Crippen molar-refractivity contribution in [3.63, 3.8) is 0 Å². The minimum atomic E-state index is 0.786. The first-order valence-corrected chi connectivity index (χ1v) is 8.71. The lowest BCUT2D eigenvalue weighted by atomic mass is 9.77. The Morgan fingerprint density at radius 2 is 1.59 bits per heavy atom. The van der Waals surface area contributed by atoms with E-state index >= 15 is 0 Å². The molecule has 0 aliphatic heterocycles. The van der Waals surface area contributed by atoms with Crippen molar-refractivity contribution < 1.29 is 0 Å². The van der Waals surface area contributed by atoms with Gasteiger partial charge in [-0.2, -0.15) is 0 Å². The normalized spacial score (nSPS) is 21.6. The summed E-state index contributed by atoms with van der Waals surface area (Å²) in [7, 11) is 0. The first-order chi connectivity index (χ1) is 10.9. The molecule has 2 aromatic rings. The molecule has 1 nitrogen and oxygen atoms in total. The van der Waals surface area contributed by atoms with Gasteiger partial charge in [0.05, 0.1) is 0 Å². The maximum absolute atomic E-state index is 3.60. The highest BCUT2D eigenvalue weighted by Crippen LogP contribution is 2.37. The summed E-state index contributed by atoms with van der Waals surface area (Å²) < 4.78 is 0. The van der Waals surface area contributed by atoms with E-state index in [1.807, 2.05) is 0 Å². The van der Waals surface area contributed by atoms with Crippen LogP contribution in [0.15, 0.2) is 60.7 Å². The zero-order chi connectivity index (χ0) is 15.0. The van der Waals surface area contributed by atoms with Gasteiger partial charge in [-0.25, -0.2) is 0 Å². The fourth-order valence-electron chi connectivity index (χ4n) is 3.72. The highest BCUT2D eigenvalue weighted by atomic mass is 14.8. The van der Waals surface area contributed by atoms with Gasteiger partial charge in [-0.15, -0.1) is 0 Å². The molecular weight excluding hydrogens is 266 g/mol. The van der Waals surface area contributed by atoms with Crippen molar-refractivity contribution >= 4 is 0 Å². The van der Waals surface area contributed by atoms with Crippen molar-refractivity contribution in [1.82, 2.24) is 5.32 Å². The number of rotatable bonds is 6. The second kappa shape index (κ2) is 8.14. The van der Waals surface area contributed by atoms with Crippen molar-refractivity contribution in [2.24, 2.45) is 5.92 Å². The molecule has 1 N–H and O–H groups in total. The minimum absolute atomic E-state index is 0.786. The molecule has 1 saturated carbocycles. The zero-order valence-electron chi connectivity index (χ0n) is 13.4. The summed E-state index contributed by atoms with van der Waals surface area (Å²) in [6.45, 7) is 2.14. The van der Waals surface area contributed by atoms with Crippen LogP contribution in [-0.4, -0.2) is 6.54 Å². The molecular formula is C21H27N. The van der Waals surface area contributed by atoms with Gasteiger partial charge in [-0.3, -0.25) is 0 Å². The van der Waals surface area contributed by atoms with Crippen LogP contribution >= 0.6 is 0 Å². The standard InChI is InChI=1S/C21H27N/c1-3-8-19(9-4-1)17-22-15-14-18-10-7-13-21(16-18)20-11-5-2-6-12-20/h1-6,8-9,11-12,18,21-22H,7,10,13-17H2/t18-,21-/m0/s1. The summed E-state index contributed by atoms with van der Waals surface area (Å²) in [6.07, 6.45) is 6.87. The van der Waals surface area contributed by atoms with Gasteiger partial charge in [0.15, 0.2) is 0 Å². The van der Waals surface area contributed by atoms with Crippen LogP contribution in [0.5, 0.6) is 0 Å². The molecule has 0 aromatic heterocycles. The van der Waals surface area contributed by atoms with Crippen LogP contribution < -0.4 is 5.32 Å². The van der Waals surface area contributed by atoms with E-state index in [1.54, 1.807) is 5.56 Å². The molecule has 3 rings (SSSR count). The van der Waals surface area contributed by atoms with E-state index in [1.165, 1.54) is 37.7 Å². The molecule has 22 heavy (non-hydrogen) atoms. The third-order valence-electron chi connectivity index (χ3n) is 4.96. The first-order valence-electron chi connectivity index (χ1n) is 8.71. The first kappa shape index (κ1) is 15.3. The van der Waals surface area contributed by atoms with Crippen LogP contribution in [0.1, 0.15) is 49.1 Å². The second-order valence-electron chi connectivity index (χ2n) is 6.59. The van der Waals surface area contributed by atoms with Gasteiger partial charge in [-0.05, 0) is 48.8 Å². The van der Waals surface area contributed by atoms with E-state index in [0.717, 1.165) is 24.9 Å². The summed E-state index contributed by atoms with van der Waals surface area (Å²) in [6, 6.07) is 21.8. The molecule has 0 unspecified atom stereocenters. The molecule has 0 saturated heterocycles. The Labute approximate surface area is 134 Å². The zero-order valence-corrected chi connectivity index (χ0v) is 13.4. The third-order valence-corrected chi connectivity index (χ3v) is 4.96. The number of benzene rings is 2. The Kier molecular flexibility index (Phi) is 5.66. The second-order valence-corrected chi connectivity index (χ2v) is 6.59. The highest BCUT2D eigenvalue weighted by Gasteiger charge is 2.22. The van der Waals surface area contributed by atoms with E-state index < -0.39 is 0 Å². The number of nitrogens with one attached hydrogen (secondary N) is 1. The summed E-state index contributed by atoms with van der Waals surface area (Å²) in [5.41, 5.74) is 2.93. The lowest BCUT2D eigenvalue weighted by Crippen LogP contribution is -2.21. The SMILES string of the molecule is c1ccc(CNCC[C@@H]2CCC[C@H](c3ccccc3)C2)cc1. The Morgan fingerprint density at radius 3 is 2.36 bits per heavy atom. The van der Waals surface area contributed by atoms with Crippen LogP contribution in [0, 0.1) is 5.92 Å². The molecule has 2 atom stereocenters. The summed E-state index contributed by atoms with van der Waals surface area (Å²) >= 11 is 0. The van der Waals surface area contributed by atoms with Crippen molar-refractivity contribution in [3.05, 3.63) is 71.8 Å². The van der Waals surface area contributed by atoms with E-state index in [2.05, 4.69) is 66.0 Å². The molecule has 116 valence electrons. The number of hydrogen-bond acceptors (Lipinski definition) is 1. The molecule has 0 spiro atoms. The third kappa shape index (κ3) is 4.45. The fourth-order valence-corrected chi connectivity index (χ4v) is 3.72. The van der Waals surface area contributed by atoms with Crippen molar-refractivity contribution in [3.8, 4) is 0 Å². The number of hydrogen-bond donors (Lipinski definition) is 1. The van der Waals surface area contributed by atoms with Gasteiger partial charge in [0.25, 0.3) is 0 Å². The molecule has 0 radical (unpaired) electrons. The van der Waals surface area contributed by atoms with Crippen LogP contribution in [0.25, 0.3) is 0 Å². The topological polar surface area (TPSA) is 12.0 Å². The Balaban J connectivity index is 1.41. The van der Waals surface area contributed by atoms with Gasteiger partial charge >= 0.3 is 0 Å². The quantitative estimate of drug-likeness (QED) is 0.727. The lowest BCUT2D eigenvalue weighted by molar-refractivity contribution is 0.302. The molecule has 1 aliphatic carbocycles. The molecule has 1 heteroatoms. The molecule has 1 aliphatic rings. The van der Waals surface area contributed by atoms with Crippen molar-refractivity contribution in [2.75, 3.05) is 6.54 Å². The Bertz CT molecular complexity index is 534. The predicted molar refractivity (Wildman–Crippen MR) is 93.9 cm³/mol. The van der Waals surface area contributed by atoms with Crippen LogP contribution in [0.2, 0.25) is 0 Å². The minimum Gasteiger partial charge on any atom is -0.313 e. The van der Waals surface area contributed by atoms with Gasteiger partial charge < -0.3 is 5.32 Å². The highest BCUT2D eigenvalue weighted by molar-refractivity contribution is 5.20. The van der Waals surface area contributed by atoms with Gasteiger partial charge in [0, 0.05) is 6.54 Å². The summed E-state index contributed by atoms with van der Waals surface area (Å²) in [5, 5.41) is 3.60. The smallest absolute Gasteiger partial charge is 0.0205 e. The van der Waals surface area contributed by atoms with Crippen molar-refractivity contribution in [1.29, 1.82) is 0 Å². The monoisotopic (exact) mass is 293 g/mol. The summed E-state index contributed by atoms with van der Waals surface area (Å²) in [4.78, 5) is 0. The maximum Gasteiger partial charge on any atom is 0.0205 e. The van der Waals surface area contributed by atoms with E-state index in [9.17, 15) is 0 Å². The average molecular weight is 293 g/mol. The van der Waals surface area contributed by atoms with Gasteiger partial charge in [0.2, 0.25) is 0 Å². The Hall–Kier alpha value is -1.60. The van der Waals surface area contributed by atoms with Crippen molar-refractivity contribution in [2.45, 2.75) is 44.6 Å². The molecule has 0 amide bonds. The largest absolute Gasteiger partial charge is 0.313 e.